The molecule has 0 aromatic carbocycles. The number of hydrogen-bond acceptors (Lipinski definition) is 3. The van der Waals surface area contributed by atoms with E-state index in [0.717, 1.165) is 22.6 Å². The summed E-state index contributed by atoms with van der Waals surface area (Å²) in [6.07, 6.45) is 9.19. The summed E-state index contributed by atoms with van der Waals surface area (Å²) in [5.41, 5.74) is 2.67. The van der Waals surface area contributed by atoms with Crippen molar-refractivity contribution in [2.24, 2.45) is 11.0 Å². The molecule has 4 nitrogen and oxygen atoms in total. The fourth-order valence-corrected chi connectivity index (χ4v) is 2.69. The van der Waals surface area contributed by atoms with Gasteiger partial charge in [0.1, 0.15) is 5.76 Å². The quantitative estimate of drug-likeness (QED) is 0.549. The first-order chi connectivity index (χ1) is 10.9. The molecule has 0 spiro atoms. The lowest BCUT2D eigenvalue weighted by Gasteiger charge is -2.25. The van der Waals surface area contributed by atoms with Gasteiger partial charge in [0, 0.05) is 18.4 Å². The van der Waals surface area contributed by atoms with Gasteiger partial charge < -0.3 is 4.74 Å². The predicted molar refractivity (Wildman–Crippen MR) is 95.9 cm³/mol. The van der Waals surface area contributed by atoms with Crippen LogP contribution in [-0.4, -0.2) is 29.8 Å². The van der Waals surface area contributed by atoms with E-state index in [1.54, 1.807) is 19.3 Å². The number of allylic oxidation sites excluding steroid dienone is 6. The Hall–Kier alpha value is -2.36. The molecule has 4 heteroatoms. The van der Waals surface area contributed by atoms with E-state index in [-0.39, 0.29) is 17.9 Å². The van der Waals surface area contributed by atoms with Crippen LogP contribution in [0.2, 0.25) is 0 Å². The number of rotatable bonds is 6. The molecule has 0 N–H and O–H groups in total. The number of hydrogen-bond donors (Lipinski definition) is 0. The minimum Gasteiger partial charge on any atom is -0.501 e. The Kier molecular flexibility index (Phi) is 6.76. The molecule has 1 rings (SSSR count). The second-order valence-electron chi connectivity index (χ2n) is 5.34. The lowest BCUT2D eigenvalue weighted by molar-refractivity contribution is -0.130. The van der Waals surface area contributed by atoms with E-state index in [0.29, 0.717) is 0 Å². The Bertz CT molecular complexity index is 609. The van der Waals surface area contributed by atoms with Crippen LogP contribution in [0.3, 0.4) is 0 Å². The van der Waals surface area contributed by atoms with E-state index in [2.05, 4.69) is 25.2 Å². The lowest BCUT2D eigenvalue weighted by Crippen LogP contribution is -2.36. The average molecular weight is 314 g/mol. The normalized spacial score (nSPS) is 22.7. The molecule has 0 aromatic rings. The first kappa shape index (κ1) is 18.7. The molecule has 0 saturated heterocycles. The van der Waals surface area contributed by atoms with Gasteiger partial charge in [0.05, 0.1) is 18.9 Å². The van der Waals surface area contributed by atoms with Crippen LogP contribution in [0.25, 0.3) is 0 Å². The highest BCUT2D eigenvalue weighted by molar-refractivity contribution is 6.07. The molecule has 2 unspecified atom stereocenters. The molecule has 1 heterocycles. The van der Waals surface area contributed by atoms with Crippen molar-refractivity contribution in [2.45, 2.75) is 33.7 Å². The monoisotopic (exact) mass is 314 g/mol. The van der Waals surface area contributed by atoms with Gasteiger partial charge in [-0.15, -0.1) is 0 Å². The summed E-state index contributed by atoms with van der Waals surface area (Å²) in [6.45, 7) is 15.0. The van der Waals surface area contributed by atoms with E-state index < -0.39 is 0 Å². The highest BCUT2D eigenvalue weighted by Crippen LogP contribution is 2.32. The first-order valence-corrected chi connectivity index (χ1v) is 7.64. The number of ether oxygens (including phenoxy) is 1. The standard InChI is InChI=1S/C19H26N2O2/c1-8-11-12-17(14(5)23-7)18-13(4)19(16(9-2)10-3)21(20-18)15(6)22/h8-13,19H,1-2H2,3-7H3/b12-11-,16-10+,17-14-. The molecule has 0 radical (unpaired) electrons. The van der Waals surface area contributed by atoms with Gasteiger partial charge in [-0.2, -0.15) is 5.10 Å². The van der Waals surface area contributed by atoms with Gasteiger partial charge in [0.25, 0.3) is 0 Å². The number of carbonyl (C=O) groups is 1. The van der Waals surface area contributed by atoms with Crippen LogP contribution in [0.1, 0.15) is 27.7 Å². The van der Waals surface area contributed by atoms with Gasteiger partial charge in [-0.25, -0.2) is 5.01 Å². The smallest absolute Gasteiger partial charge is 0.240 e. The number of amides is 1. The van der Waals surface area contributed by atoms with E-state index in [4.69, 9.17) is 4.74 Å². The van der Waals surface area contributed by atoms with Gasteiger partial charge in [0.15, 0.2) is 0 Å². The molecule has 0 aromatic heterocycles. The van der Waals surface area contributed by atoms with Crippen molar-refractivity contribution in [3.63, 3.8) is 0 Å². The third-order valence-corrected chi connectivity index (χ3v) is 3.98. The lowest BCUT2D eigenvalue weighted by atomic mass is 9.87. The van der Waals surface area contributed by atoms with Gasteiger partial charge >= 0.3 is 0 Å². The highest BCUT2D eigenvalue weighted by atomic mass is 16.5. The summed E-state index contributed by atoms with van der Waals surface area (Å²) in [6, 6.07) is -0.151. The number of hydrazone groups is 1. The van der Waals surface area contributed by atoms with Crippen LogP contribution < -0.4 is 0 Å². The van der Waals surface area contributed by atoms with Crippen molar-refractivity contribution in [2.75, 3.05) is 7.11 Å². The van der Waals surface area contributed by atoms with E-state index in [1.165, 1.54) is 11.9 Å². The number of carbonyl (C=O) groups excluding carboxylic acids is 1. The minimum absolute atomic E-state index is 0.0256. The maximum absolute atomic E-state index is 12.0. The maximum Gasteiger partial charge on any atom is 0.240 e. The molecule has 1 amide bonds. The predicted octanol–water partition coefficient (Wildman–Crippen LogP) is 4.00. The van der Waals surface area contributed by atoms with Gasteiger partial charge in [0.2, 0.25) is 5.91 Å². The summed E-state index contributed by atoms with van der Waals surface area (Å²) < 4.78 is 5.39. The van der Waals surface area contributed by atoms with Crippen molar-refractivity contribution in [1.29, 1.82) is 0 Å². The Balaban J connectivity index is 3.44. The number of nitrogens with zero attached hydrogens (tertiary/aromatic N) is 2. The van der Waals surface area contributed by atoms with Crippen molar-refractivity contribution < 1.29 is 9.53 Å². The summed E-state index contributed by atoms with van der Waals surface area (Å²) in [5, 5.41) is 6.11. The zero-order chi connectivity index (χ0) is 17.6. The molecule has 1 aliphatic heterocycles. The van der Waals surface area contributed by atoms with Crippen LogP contribution in [-0.2, 0) is 9.53 Å². The van der Waals surface area contributed by atoms with Crippen molar-refractivity contribution in [3.05, 3.63) is 60.4 Å². The maximum atomic E-state index is 12.0. The molecule has 1 aliphatic rings. The highest BCUT2D eigenvalue weighted by Gasteiger charge is 2.39. The molecule has 124 valence electrons. The molecule has 0 aliphatic carbocycles. The molecular formula is C19H26N2O2. The topological polar surface area (TPSA) is 41.9 Å². The molecule has 2 atom stereocenters. The van der Waals surface area contributed by atoms with Gasteiger partial charge in [-0.05, 0) is 25.5 Å². The summed E-state index contributed by atoms with van der Waals surface area (Å²) >= 11 is 0. The summed E-state index contributed by atoms with van der Waals surface area (Å²) in [4.78, 5) is 12.0. The Morgan fingerprint density at radius 2 is 2.00 bits per heavy atom. The second-order valence-corrected chi connectivity index (χ2v) is 5.34. The largest absolute Gasteiger partial charge is 0.501 e. The zero-order valence-electron chi connectivity index (χ0n) is 14.7. The van der Waals surface area contributed by atoms with Gasteiger partial charge in [-0.3, -0.25) is 4.79 Å². The fraction of sp³-hybridized carbons (Fsp3) is 0.368. The number of methoxy groups -OCH3 is 1. The van der Waals surface area contributed by atoms with Crippen LogP contribution in [0.15, 0.2) is 65.5 Å². The van der Waals surface area contributed by atoms with E-state index >= 15 is 0 Å². The van der Waals surface area contributed by atoms with Crippen molar-refractivity contribution in [3.8, 4) is 0 Å². The minimum atomic E-state index is -0.151. The van der Waals surface area contributed by atoms with E-state index in [1.807, 2.05) is 32.1 Å². The zero-order valence-corrected chi connectivity index (χ0v) is 14.7. The van der Waals surface area contributed by atoms with Crippen LogP contribution in [0.5, 0.6) is 0 Å². The van der Waals surface area contributed by atoms with Crippen LogP contribution in [0.4, 0.5) is 0 Å². The Labute approximate surface area is 139 Å². The third-order valence-electron chi connectivity index (χ3n) is 3.98. The van der Waals surface area contributed by atoms with E-state index in [9.17, 15) is 4.79 Å². The second kappa shape index (κ2) is 8.32. The SMILES string of the molecule is C=C/C=C\C(C1=NN(C(C)=O)C(/C(C=C)=C/C)C1C)=C(/C)OC. The fourth-order valence-electron chi connectivity index (χ4n) is 2.69. The van der Waals surface area contributed by atoms with Crippen molar-refractivity contribution in [1.82, 2.24) is 5.01 Å². The Morgan fingerprint density at radius 3 is 2.43 bits per heavy atom. The third kappa shape index (κ3) is 3.89. The molecule has 0 fully saturated rings. The molecule has 0 saturated carbocycles. The average Bonchev–Trinajstić information content (AvgIpc) is 2.87. The van der Waals surface area contributed by atoms with Crippen LogP contribution in [0, 0.1) is 5.92 Å². The Morgan fingerprint density at radius 1 is 1.35 bits per heavy atom. The summed E-state index contributed by atoms with van der Waals surface area (Å²) in [7, 11) is 1.62. The first-order valence-electron chi connectivity index (χ1n) is 7.64. The van der Waals surface area contributed by atoms with Crippen LogP contribution >= 0.6 is 0 Å². The molecular weight excluding hydrogens is 288 g/mol. The van der Waals surface area contributed by atoms with Crippen molar-refractivity contribution >= 4 is 11.6 Å². The van der Waals surface area contributed by atoms with Gasteiger partial charge in [-0.1, -0.05) is 44.4 Å². The summed E-state index contributed by atoms with van der Waals surface area (Å²) in [5.74, 6) is 0.677. The molecule has 0 bridgehead atoms. The molecule has 23 heavy (non-hydrogen) atoms.